The van der Waals surface area contributed by atoms with Gasteiger partial charge in [0.2, 0.25) is 0 Å². The average Bonchev–Trinajstić information content (AvgIpc) is 2.80. The van der Waals surface area contributed by atoms with Crippen LogP contribution in [0.25, 0.3) is 0 Å². The molecule has 1 aromatic carbocycles. The summed E-state index contributed by atoms with van der Waals surface area (Å²) in [6.45, 7) is 1.02. The van der Waals surface area contributed by atoms with Crippen molar-refractivity contribution >= 4 is 21.4 Å². The Hall–Kier alpha value is -0.780. The molecular weight excluding hydrogens is 286 g/mol. The van der Waals surface area contributed by atoms with Crippen molar-refractivity contribution in [2.75, 3.05) is 19.9 Å². The monoisotopic (exact) mass is 303 g/mol. The lowest BCUT2D eigenvalue weighted by molar-refractivity contribution is 0.402. The summed E-state index contributed by atoms with van der Waals surface area (Å²) in [7, 11) is -1.93. The number of hydrogen-bond donors (Lipinski definition) is 1. The van der Waals surface area contributed by atoms with Gasteiger partial charge in [0.15, 0.2) is 15.6 Å². The molecule has 0 spiro atoms. The van der Waals surface area contributed by atoms with Gasteiger partial charge in [0, 0.05) is 12.3 Å². The Kier molecular flexibility index (Phi) is 4.38. The van der Waals surface area contributed by atoms with Crippen LogP contribution in [0.1, 0.15) is 18.4 Å². The van der Waals surface area contributed by atoms with Crippen molar-refractivity contribution in [2.24, 2.45) is 0 Å². The van der Waals surface area contributed by atoms with E-state index in [-0.39, 0.29) is 10.6 Å². The van der Waals surface area contributed by atoms with Crippen LogP contribution in [0.2, 0.25) is 5.02 Å². The van der Waals surface area contributed by atoms with E-state index < -0.39 is 9.84 Å². The third-order valence-corrected chi connectivity index (χ3v) is 4.70. The second kappa shape index (κ2) is 5.69. The summed E-state index contributed by atoms with van der Waals surface area (Å²) in [4.78, 5) is 0.162. The first-order valence-electron chi connectivity index (χ1n) is 6.21. The van der Waals surface area contributed by atoms with Crippen molar-refractivity contribution in [2.45, 2.75) is 30.2 Å². The first-order valence-corrected chi connectivity index (χ1v) is 8.48. The van der Waals surface area contributed by atoms with Crippen molar-refractivity contribution in [3.05, 3.63) is 22.7 Å². The number of halogens is 1. The van der Waals surface area contributed by atoms with Gasteiger partial charge in [-0.25, -0.2) is 8.42 Å². The summed E-state index contributed by atoms with van der Waals surface area (Å²) < 4.78 is 28.7. The Morgan fingerprint density at radius 3 is 2.74 bits per heavy atom. The van der Waals surface area contributed by atoms with Gasteiger partial charge in [0.05, 0.1) is 12.1 Å². The minimum Gasteiger partial charge on any atom is -0.494 e. The van der Waals surface area contributed by atoms with E-state index in [0.717, 1.165) is 31.4 Å². The van der Waals surface area contributed by atoms with E-state index in [1.807, 2.05) is 0 Å². The number of hydrogen-bond acceptors (Lipinski definition) is 4. The molecule has 1 atom stereocenters. The van der Waals surface area contributed by atoms with Crippen molar-refractivity contribution in [3.63, 3.8) is 0 Å². The lowest BCUT2D eigenvalue weighted by Gasteiger charge is -2.14. The van der Waals surface area contributed by atoms with Crippen LogP contribution in [0.4, 0.5) is 0 Å². The molecule has 0 radical (unpaired) electrons. The van der Waals surface area contributed by atoms with Gasteiger partial charge in [0.25, 0.3) is 0 Å². The number of ether oxygens (including phenoxy) is 1. The first-order chi connectivity index (χ1) is 8.91. The fraction of sp³-hybridized carbons (Fsp3) is 0.538. The largest absolute Gasteiger partial charge is 0.494 e. The summed E-state index contributed by atoms with van der Waals surface area (Å²) in [5.74, 6) is 0.229. The molecule has 0 aromatic heterocycles. The average molecular weight is 304 g/mol. The minimum absolute atomic E-state index is 0.162. The zero-order chi connectivity index (χ0) is 14.0. The van der Waals surface area contributed by atoms with Gasteiger partial charge in [-0.15, -0.1) is 0 Å². The summed E-state index contributed by atoms with van der Waals surface area (Å²) in [5, 5.41) is 3.73. The van der Waals surface area contributed by atoms with E-state index in [2.05, 4.69) is 5.32 Å². The van der Waals surface area contributed by atoms with Crippen LogP contribution in [0.3, 0.4) is 0 Å². The fourth-order valence-corrected chi connectivity index (χ4v) is 3.70. The van der Waals surface area contributed by atoms with Gasteiger partial charge >= 0.3 is 0 Å². The van der Waals surface area contributed by atoms with E-state index >= 15 is 0 Å². The van der Waals surface area contributed by atoms with Crippen LogP contribution >= 0.6 is 11.6 Å². The van der Waals surface area contributed by atoms with Crippen LogP contribution in [0.15, 0.2) is 17.0 Å². The Morgan fingerprint density at radius 2 is 2.21 bits per heavy atom. The van der Waals surface area contributed by atoms with E-state index in [0.29, 0.717) is 11.1 Å². The molecule has 1 heterocycles. The van der Waals surface area contributed by atoms with Crippen LogP contribution in [0.5, 0.6) is 5.75 Å². The molecule has 6 heteroatoms. The second-order valence-corrected chi connectivity index (χ2v) is 7.27. The van der Waals surface area contributed by atoms with Gasteiger partial charge in [0.1, 0.15) is 4.90 Å². The second-order valence-electron chi connectivity index (χ2n) is 4.88. The number of sulfone groups is 1. The zero-order valence-corrected chi connectivity index (χ0v) is 12.6. The van der Waals surface area contributed by atoms with Gasteiger partial charge in [-0.2, -0.15) is 0 Å². The number of rotatable bonds is 4. The van der Waals surface area contributed by atoms with Crippen molar-refractivity contribution in [1.82, 2.24) is 5.32 Å². The topological polar surface area (TPSA) is 55.4 Å². The molecule has 0 bridgehead atoms. The van der Waals surface area contributed by atoms with E-state index in [1.54, 1.807) is 12.1 Å². The molecule has 1 N–H and O–H groups in total. The molecule has 1 aliphatic heterocycles. The van der Waals surface area contributed by atoms with Crippen LogP contribution in [-0.2, 0) is 16.3 Å². The molecule has 1 fully saturated rings. The quantitative estimate of drug-likeness (QED) is 0.925. The smallest absolute Gasteiger partial charge is 0.179 e. The van der Waals surface area contributed by atoms with Crippen LogP contribution < -0.4 is 10.1 Å². The Balaban J connectivity index is 2.38. The molecule has 2 rings (SSSR count). The molecule has 1 aromatic rings. The Bertz CT molecular complexity index is 565. The molecule has 1 aliphatic rings. The summed E-state index contributed by atoms with van der Waals surface area (Å²) in [6, 6.07) is 3.85. The van der Waals surface area contributed by atoms with Gasteiger partial charge < -0.3 is 10.1 Å². The molecule has 19 heavy (non-hydrogen) atoms. The van der Waals surface area contributed by atoms with E-state index in [4.69, 9.17) is 16.3 Å². The van der Waals surface area contributed by atoms with Gasteiger partial charge in [-0.3, -0.25) is 0 Å². The van der Waals surface area contributed by atoms with Crippen molar-refractivity contribution in [1.29, 1.82) is 0 Å². The SMILES string of the molecule is COc1c(Cl)cc(CC2CCCN2)cc1S(C)(=O)=O. The molecule has 0 saturated carbocycles. The lowest BCUT2D eigenvalue weighted by Crippen LogP contribution is -2.23. The highest BCUT2D eigenvalue weighted by atomic mass is 35.5. The van der Waals surface area contributed by atoms with E-state index in [1.165, 1.54) is 13.4 Å². The zero-order valence-electron chi connectivity index (χ0n) is 11.1. The summed E-state index contributed by atoms with van der Waals surface area (Å²) in [5.41, 5.74) is 0.922. The molecule has 1 unspecified atom stereocenters. The van der Waals surface area contributed by atoms with Gasteiger partial charge in [-0.05, 0) is 43.5 Å². The third kappa shape index (κ3) is 3.41. The maximum atomic E-state index is 11.8. The fourth-order valence-electron chi connectivity index (χ4n) is 2.43. The Labute approximate surface area is 119 Å². The number of methoxy groups -OCH3 is 1. The maximum absolute atomic E-state index is 11.8. The molecule has 1 saturated heterocycles. The predicted molar refractivity (Wildman–Crippen MR) is 75.8 cm³/mol. The number of benzene rings is 1. The van der Waals surface area contributed by atoms with Crippen molar-refractivity contribution < 1.29 is 13.2 Å². The van der Waals surface area contributed by atoms with E-state index in [9.17, 15) is 8.42 Å². The normalized spacial score (nSPS) is 19.6. The Morgan fingerprint density at radius 1 is 1.47 bits per heavy atom. The van der Waals surface area contributed by atoms with Gasteiger partial charge in [-0.1, -0.05) is 11.6 Å². The highest BCUT2D eigenvalue weighted by molar-refractivity contribution is 7.90. The van der Waals surface area contributed by atoms with Crippen molar-refractivity contribution in [3.8, 4) is 5.75 Å². The highest BCUT2D eigenvalue weighted by Gasteiger charge is 2.21. The minimum atomic E-state index is -3.35. The highest BCUT2D eigenvalue weighted by Crippen LogP contribution is 2.34. The molecule has 0 amide bonds. The molecule has 106 valence electrons. The standard InChI is InChI=1S/C13H18ClNO3S/c1-18-13-11(14)7-9(6-10-4-3-5-15-10)8-12(13)19(2,16)17/h7-8,10,15H,3-6H2,1-2H3. The van der Waals surface area contributed by atoms with Crippen LogP contribution in [-0.4, -0.2) is 34.4 Å². The maximum Gasteiger partial charge on any atom is 0.179 e. The molecule has 0 aliphatic carbocycles. The predicted octanol–water partition coefficient (Wildman–Crippen LogP) is 2.05. The number of nitrogens with one attached hydrogen (secondary N) is 1. The summed E-state index contributed by atoms with van der Waals surface area (Å²) in [6.07, 6.45) is 4.22. The molecular formula is C13H18ClNO3S. The van der Waals surface area contributed by atoms with Crippen LogP contribution in [0, 0.1) is 0 Å². The molecule has 4 nitrogen and oxygen atoms in total. The first kappa shape index (κ1) is 14.6. The summed E-state index contributed by atoms with van der Waals surface area (Å²) >= 11 is 6.12. The third-order valence-electron chi connectivity index (χ3n) is 3.32. The lowest BCUT2D eigenvalue weighted by atomic mass is 10.0.